The van der Waals surface area contributed by atoms with E-state index < -0.39 is 32.6 Å². The number of hydrogen-bond acceptors (Lipinski definition) is 4. The van der Waals surface area contributed by atoms with Crippen LogP contribution in [0.1, 0.15) is 48.7 Å². The van der Waals surface area contributed by atoms with Gasteiger partial charge in [-0.2, -0.15) is 13.2 Å². The fourth-order valence-electron chi connectivity index (χ4n) is 4.96. The Morgan fingerprint density at radius 3 is 2.26 bits per heavy atom. The van der Waals surface area contributed by atoms with Gasteiger partial charge in [0.2, 0.25) is 0 Å². The van der Waals surface area contributed by atoms with Crippen LogP contribution < -0.4 is 14.9 Å². The fraction of sp³-hybridized carbons (Fsp3) is 0.345. The Kier molecular flexibility index (Phi) is 8.25. The number of anilines is 3. The quantitative estimate of drug-likeness (QED) is 0.334. The molecule has 0 aromatic heterocycles. The van der Waals surface area contributed by atoms with Crippen molar-refractivity contribution in [2.75, 3.05) is 28.0 Å². The molecule has 1 aliphatic heterocycles. The zero-order chi connectivity index (χ0) is 28.4. The molecule has 0 aliphatic carbocycles. The molecule has 0 spiro atoms. The first kappa shape index (κ1) is 28.5. The third-order valence-corrected chi connectivity index (χ3v) is 8.17. The summed E-state index contributed by atoms with van der Waals surface area (Å²) >= 11 is 0. The van der Waals surface area contributed by atoms with Gasteiger partial charge in [-0.25, -0.2) is 8.42 Å². The van der Waals surface area contributed by atoms with Crippen molar-refractivity contribution < 1.29 is 26.4 Å². The van der Waals surface area contributed by atoms with Gasteiger partial charge in [-0.1, -0.05) is 39.0 Å². The molecule has 2 N–H and O–H groups in total. The van der Waals surface area contributed by atoms with Crippen molar-refractivity contribution >= 4 is 33.0 Å². The van der Waals surface area contributed by atoms with Crippen LogP contribution >= 0.6 is 0 Å². The molecule has 0 saturated carbocycles. The highest BCUT2D eigenvalue weighted by atomic mass is 32.2. The van der Waals surface area contributed by atoms with Crippen molar-refractivity contribution in [2.45, 2.75) is 44.7 Å². The summed E-state index contributed by atoms with van der Waals surface area (Å²) in [6, 6.07) is 15.7. The summed E-state index contributed by atoms with van der Waals surface area (Å²) in [5.74, 6) is 0.275. The molecule has 208 valence electrons. The van der Waals surface area contributed by atoms with Crippen LogP contribution in [0.15, 0.2) is 71.6 Å². The number of hydrogen-bond donors (Lipinski definition) is 2. The number of carbonyl (C=O) groups is 1. The van der Waals surface area contributed by atoms with E-state index in [2.05, 4.69) is 23.9 Å². The molecule has 1 amide bonds. The van der Waals surface area contributed by atoms with Gasteiger partial charge in [0.05, 0.1) is 21.8 Å². The van der Waals surface area contributed by atoms with E-state index in [9.17, 15) is 26.4 Å². The minimum atomic E-state index is -4.69. The number of nitrogens with one attached hydrogen (secondary N) is 2. The van der Waals surface area contributed by atoms with Gasteiger partial charge in [0.15, 0.2) is 0 Å². The topological polar surface area (TPSA) is 78.5 Å². The number of rotatable bonds is 7. The number of nitrogens with zero attached hydrogens (tertiary/aromatic N) is 1. The highest BCUT2D eigenvalue weighted by Gasteiger charge is 2.32. The minimum absolute atomic E-state index is 0.127. The lowest BCUT2D eigenvalue weighted by Crippen LogP contribution is -2.39. The Labute approximate surface area is 227 Å². The number of amides is 1. The molecule has 1 fully saturated rings. The van der Waals surface area contributed by atoms with Crippen molar-refractivity contribution in [1.82, 2.24) is 0 Å². The van der Waals surface area contributed by atoms with Crippen LogP contribution in [0.5, 0.6) is 0 Å². The van der Waals surface area contributed by atoms with Gasteiger partial charge in [-0.3, -0.25) is 9.52 Å². The Hall–Kier alpha value is -3.53. The fourth-order valence-corrected chi connectivity index (χ4v) is 6.08. The third kappa shape index (κ3) is 6.92. The van der Waals surface area contributed by atoms with Crippen LogP contribution in [-0.2, 0) is 22.6 Å². The SMILES string of the molecule is CCc1ccc(NC(=O)c2ccc(N3CC(C)CC(C)C3)c(NS(=O)(=O)c3cccc(C(F)(F)F)c3)c2)cc1. The first-order valence-electron chi connectivity index (χ1n) is 12.8. The van der Waals surface area contributed by atoms with Gasteiger partial charge in [0, 0.05) is 24.3 Å². The first-order chi connectivity index (χ1) is 18.4. The van der Waals surface area contributed by atoms with E-state index in [4.69, 9.17) is 0 Å². The van der Waals surface area contributed by atoms with Gasteiger partial charge in [0.25, 0.3) is 15.9 Å². The number of halogens is 3. The smallest absolute Gasteiger partial charge is 0.369 e. The van der Waals surface area contributed by atoms with Crippen LogP contribution in [0.4, 0.5) is 30.2 Å². The van der Waals surface area contributed by atoms with Crippen LogP contribution in [0, 0.1) is 11.8 Å². The molecule has 39 heavy (non-hydrogen) atoms. The summed E-state index contributed by atoms with van der Waals surface area (Å²) in [4.78, 5) is 14.6. The summed E-state index contributed by atoms with van der Waals surface area (Å²) in [7, 11) is -4.40. The van der Waals surface area contributed by atoms with Crippen molar-refractivity contribution in [2.24, 2.45) is 11.8 Å². The summed E-state index contributed by atoms with van der Waals surface area (Å²) < 4.78 is 68.8. The Bertz CT molecular complexity index is 1430. The van der Waals surface area contributed by atoms with Crippen molar-refractivity contribution in [3.63, 3.8) is 0 Å². The van der Waals surface area contributed by atoms with Gasteiger partial charge in [0.1, 0.15) is 0 Å². The number of aryl methyl sites for hydroxylation is 1. The summed E-state index contributed by atoms with van der Waals surface area (Å²) in [6.45, 7) is 7.61. The molecular formula is C29H32F3N3O3S. The standard InChI is InChI=1S/C29H32F3N3O3S/c1-4-21-8-11-24(12-9-21)33-28(36)22-10-13-27(35-17-19(2)14-20(3)18-35)26(15-22)34-39(37,38)25-7-5-6-23(16-25)29(30,31)32/h5-13,15-16,19-20,34H,4,14,17-18H2,1-3H3,(H,33,36). The van der Waals surface area contributed by atoms with E-state index >= 15 is 0 Å². The Morgan fingerprint density at radius 1 is 0.974 bits per heavy atom. The molecule has 2 unspecified atom stereocenters. The lowest BCUT2D eigenvalue weighted by molar-refractivity contribution is -0.137. The van der Waals surface area contributed by atoms with E-state index in [0.29, 0.717) is 42.4 Å². The highest BCUT2D eigenvalue weighted by Crippen LogP contribution is 2.35. The Balaban J connectivity index is 1.70. The van der Waals surface area contributed by atoms with Crippen LogP contribution in [0.3, 0.4) is 0 Å². The number of sulfonamides is 1. The van der Waals surface area contributed by atoms with Crippen molar-refractivity contribution in [3.8, 4) is 0 Å². The summed E-state index contributed by atoms with van der Waals surface area (Å²) in [6.07, 6.45) is -2.80. The molecular weight excluding hydrogens is 527 g/mol. The van der Waals surface area contributed by atoms with E-state index in [1.165, 1.54) is 6.07 Å². The van der Waals surface area contributed by atoms with E-state index in [1.807, 2.05) is 24.0 Å². The second kappa shape index (κ2) is 11.3. The van der Waals surface area contributed by atoms with Crippen LogP contribution in [-0.4, -0.2) is 27.4 Å². The molecule has 2 atom stereocenters. The number of alkyl halides is 3. The van der Waals surface area contributed by atoms with E-state index in [0.717, 1.165) is 36.6 Å². The van der Waals surface area contributed by atoms with E-state index in [1.54, 1.807) is 24.3 Å². The largest absolute Gasteiger partial charge is 0.416 e. The predicted molar refractivity (Wildman–Crippen MR) is 148 cm³/mol. The summed E-state index contributed by atoms with van der Waals surface area (Å²) in [5.41, 5.74) is 1.54. The minimum Gasteiger partial charge on any atom is -0.369 e. The number of piperidine rings is 1. The maximum Gasteiger partial charge on any atom is 0.416 e. The van der Waals surface area contributed by atoms with Crippen molar-refractivity contribution in [3.05, 3.63) is 83.4 Å². The molecule has 1 aliphatic rings. The maximum absolute atomic E-state index is 13.3. The summed E-state index contributed by atoms with van der Waals surface area (Å²) in [5, 5.41) is 2.81. The maximum atomic E-state index is 13.3. The van der Waals surface area contributed by atoms with Crippen LogP contribution in [0.25, 0.3) is 0 Å². The number of benzene rings is 3. The molecule has 0 radical (unpaired) electrons. The van der Waals surface area contributed by atoms with Gasteiger partial charge < -0.3 is 10.2 Å². The van der Waals surface area contributed by atoms with E-state index in [-0.39, 0.29) is 11.3 Å². The molecule has 10 heteroatoms. The lowest BCUT2D eigenvalue weighted by Gasteiger charge is -2.37. The normalized spacial score (nSPS) is 18.1. The molecule has 0 bridgehead atoms. The van der Waals surface area contributed by atoms with Crippen LogP contribution in [0.2, 0.25) is 0 Å². The molecule has 6 nitrogen and oxygen atoms in total. The highest BCUT2D eigenvalue weighted by molar-refractivity contribution is 7.92. The molecule has 1 saturated heterocycles. The lowest BCUT2D eigenvalue weighted by atomic mass is 9.91. The molecule has 3 aromatic rings. The van der Waals surface area contributed by atoms with Crippen molar-refractivity contribution in [1.29, 1.82) is 0 Å². The van der Waals surface area contributed by atoms with Gasteiger partial charge in [-0.05, 0) is 78.8 Å². The molecule has 3 aromatic carbocycles. The zero-order valence-corrected chi connectivity index (χ0v) is 22.9. The average Bonchev–Trinajstić information content (AvgIpc) is 2.88. The molecule has 4 rings (SSSR count). The average molecular weight is 560 g/mol. The predicted octanol–water partition coefficient (Wildman–Crippen LogP) is 6.80. The zero-order valence-electron chi connectivity index (χ0n) is 22.0. The van der Waals surface area contributed by atoms with Gasteiger partial charge >= 0.3 is 6.18 Å². The van der Waals surface area contributed by atoms with Gasteiger partial charge in [-0.15, -0.1) is 0 Å². The second-order valence-corrected chi connectivity index (χ2v) is 11.9. The second-order valence-electron chi connectivity index (χ2n) is 10.2. The molecule has 1 heterocycles. The third-order valence-electron chi connectivity index (χ3n) is 6.80. The first-order valence-corrected chi connectivity index (χ1v) is 14.3. The Morgan fingerprint density at radius 2 is 1.64 bits per heavy atom. The monoisotopic (exact) mass is 559 g/mol. The number of carbonyl (C=O) groups excluding carboxylic acids is 1.